The van der Waals surface area contributed by atoms with Crippen LogP contribution in [0.4, 0.5) is 0 Å². The average Bonchev–Trinajstić information content (AvgIpc) is 3.96. The fourth-order valence-electron chi connectivity index (χ4n) is 8.35. The second kappa shape index (κ2) is 12.4. The van der Waals surface area contributed by atoms with Gasteiger partial charge in [-0.25, -0.2) is 9.97 Å². The highest BCUT2D eigenvalue weighted by Gasteiger charge is 2.14. The van der Waals surface area contributed by atoms with E-state index in [9.17, 15) is 0 Å². The summed E-state index contributed by atoms with van der Waals surface area (Å²) in [6.07, 6.45) is 3.53. The summed E-state index contributed by atoms with van der Waals surface area (Å²) in [5.74, 6) is 0. The lowest BCUT2D eigenvalue weighted by atomic mass is 9.94. The third-order valence-electron chi connectivity index (χ3n) is 11.2. The Bertz CT molecular complexity index is 3550. The summed E-state index contributed by atoms with van der Waals surface area (Å²) in [6.45, 7) is 0. The van der Waals surface area contributed by atoms with Crippen LogP contribution in [0.3, 0.4) is 0 Å². The number of hydrogen-bond acceptors (Lipinski definition) is 5. The summed E-state index contributed by atoms with van der Waals surface area (Å²) in [7, 11) is 0. The second-order valence-electron chi connectivity index (χ2n) is 14.6. The van der Waals surface area contributed by atoms with Gasteiger partial charge >= 0.3 is 0 Å². The van der Waals surface area contributed by atoms with Crippen molar-refractivity contribution in [1.29, 1.82) is 0 Å². The van der Waals surface area contributed by atoms with Crippen LogP contribution in [0.25, 0.3) is 122 Å². The van der Waals surface area contributed by atoms with Crippen molar-refractivity contribution >= 4 is 66.1 Å². The molecule has 0 amide bonds. The molecule has 0 aliphatic rings. The van der Waals surface area contributed by atoms with E-state index >= 15 is 0 Å². The van der Waals surface area contributed by atoms with Crippen molar-refractivity contribution in [2.75, 3.05) is 0 Å². The number of benzene rings is 7. The zero-order valence-electron chi connectivity index (χ0n) is 30.4. The van der Waals surface area contributed by atoms with Gasteiger partial charge in [-0.3, -0.25) is 0 Å². The number of pyridine rings is 2. The lowest BCUT2D eigenvalue weighted by Crippen LogP contribution is -1.85. The molecule has 266 valence electrons. The van der Waals surface area contributed by atoms with Crippen LogP contribution in [-0.4, -0.2) is 9.97 Å². The molecular weight excluding hydrogens is 701 g/mol. The largest absolute Gasteiger partial charge is 0.456 e. The van der Waals surface area contributed by atoms with Crippen LogP contribution in [-0.2, 0) is 0 Å². The number of nitrogens with zero attached hydrogens (tertiary/aromatic N) is 2. The molecule has 0 spiro atoms. The quantitative estimate of drug-likeness (QED) is 0.176. The Kier molecular flexibility index (Phi) is 6.86. The first-order valence-electron chi connectivity index (χ1n) is 19.0. The minimum absolute atomic E-state index is 0.656. The van der Waals surface area contributed by atoms with E-state index in [0.717, 1.165) is 110 Å². The Morgan fingerprint density at radius 2 is 0.544 bits per heavy atom. The van der Waals surface area contributed by atoms with Crippen LogP contribution in [0.15, 0.2) is 196 Å². The molecule has 5 heterocycles. The van der Waals surface area contributed by atoms with Gasteiger partial charge in [-0.05, 0) is 147 Å². The highest BCUT2D eigenvalue weighted by Crippen LogP contribution is 2.39. The maximum atomic E-state index is 6.34. The molecule has 0 bridgehead atoms. The molecule has 12 aromatic rings. The van der Waals surface area contributed by atoms with Gasteiger partial charge in [0.2, 0.25) is 11.4 Å². The van der Waals surface area contributed by atoms with Crippen molar-refractivity contribution in [2.24, 2.45) is 0 Å². The minimum atomic E-state index is 0.656. The molecule has 0 radical (unpaired) electrons. The van der Waals surface area contributed by atoms with E-state index in [2.05, 4.69) is 156 Å². The molecule has 0 aliphatic carbocycles. The van der Waals surface area contributed by atoms with Gasteiger partial charge in [0, 0.05) is 44.7 Å². The minimum Gasteiger partial charge on any atom is -0.456 e. The van der Waals surface area contributed by atoms with Gasteiger partial charge < -0.3 is 13.3 Å². The van der Waals surface area contributed by atoms with Crippen LogP contribution in [0.1, 0.15) is 0 Å². The van der Waals surface area contributed by atoms with Gasteiger partial charge in [0.25, 0.3) is 0 Å². The molecule has 5 nitrogen and oxygen atoms in total. The number of aromatic nitrogens is 2. The summed E-state index contributed by atoms with van der Waals surface area (Å²) in [5.41, 5.74) is 16.2. The maximum Gasteiger partial charge on any atom is 0.227 e. The van der Waals surface area contributed by atoms with Crippen LogP contribution < -0.4 is 0 Å². The summed E-state index contributed by atoms with van der Waals surface area (Å²) in [5, 5.41) is 6.35. The predicted molar refractivity (Wildman–Crippen MR) is 231 cm³/mol. The zero-order chi connectivity index (χ0) is 37.5. The van der Waals surface area contributed by atoms with Gasteiger partial charge in [-0.15, -0.1) is 0 Å². The lowest BCUT2D eigenvalue weighted by Gasteiger charge is -2.10. The highest BCUT2D eigenvalue weighted by atomic mass is 16.3. The smallest absolute Gasteiger partial charge is 0.227 e. The molecule has 57 heavy (non-hydrogen) atoms. The standard InChI is InChI=1S/C52H30N2O3/c1-6-31(33-8-2-10-35(25-33)37-16-20-49-43(27-37)41-12-4-22-53-51(41)56-49)24-32(7-1)34-9-3-11-36(26-34)38-14-18-47-45(29-38)46-30-40(15-19-48(46)55-47)39-17-21-50-44(28-39)42-13-5-23-54-52(42)57-50/h1-30H. The topological polar surface area (TPSA) is 65.2 Å². The number of furan rings is 3. The zero-order valence-corrected chi connectivity index (χ0v) is 30.4. The van der Waals surface area contributed by atoms with Crippen molar-refractivity contribution < 1.29 is 13.3 Å². The highest BCUT2D eigenvalue weighted by molar-refractivity contribution is 6.09. The molecule has 12 rings (SSSR count). The molecule has 0 aliphatic heterocycles. The van der Waals surface area contributed by atoms with Crippen molar-refractivity contribution in [3.63, 3.8) is 0 Å². The fraction of sp³-hybridized carbons (Fsp3) is 0. The summed E-state index contributed by atoms with van der Waals surface area (Å²) < 4.78 is 18.3. The Labute approximate surface area is 326 Å². The third kappa shape index (κ3) is 5.24. The first kappa shape index (κ1) is 31.6. The SMILES string of the molecule is c1cc(-c2cccc(-c3ccc4oc5ccc(-c6ccc7oc8ncccc8c7c6)cc5c4c3)c2)cc(-c2cccc(-c3ccc4oc5ncccc5c4c3)c2)c1. The summed E-state index contributed by atoms with van der Waals surface area (Å²) in [4.78, 5) is 8.80. The molecule has 0 saturated carbocycles. The van der Waals surface area contributed by atoms with E-state index in [1.165, 1.54) is 0 Å². The van der Waals surface area contributed by atoms with Crippen molar-refractivity contribution in [1.82, 2.24) is 9.97 Å². The summed E-state index contributed by atoms with van der Waals surface area (Å²) in [6, 6.07) is 60.0. The van der Waals surface area contributed by atoms with E-state index in [1.54, 1.807) is 12.4 Å². The molecule has 0 N–H and O–H groups in total. The van der Waals surface area contributed by atoms with Crippen molar-refractivity contribution in [2.45, 2.75) is 0 Å². The third-order valence-corrected chi connectivity index (χ3v) is 11.2. The lowest BCUT2D eigenvalue weighted by molar-refractivity contribution is 0.653. The molecule has 0 atom stereocenters. The molecule has 5 aromatic heterocycles. The molecule has 7 aromatic carbocycles. The van der Waals surface area contributed by atoms with E-state index in [0.29, 0.717) is 11.4 Å². The molecule has 0 saturated heterocycles. The Balaban J connectivity index is 0.875. The second-order valence-corrected chi connectivity index (χ2v) is 14.6. The van der Waals surface area contributed by atoms with E-state index in [4.69, 9.17) is 13.3 Å². The van der Waals surface area contributed by atoms with Gasteiger partial charge in [0.15, 0.2) is 0 Å². The average molecular weight is 731 g/mol. The van der Waals surface area contributed by atoms with Crippen molar-refractivity contribution in [3.05, 3.63) is 182 Å². The Morgan fingerprint density at radius 1 is 0.246 bits per heavy atom. The predicted octanol–water partition coefficient (Wildman–Crippen LogP) is 14.5. The fourth-order valence-corrected chi connectivity index (χ4v) is 8.35. The van der Waals surface area contributed by atoms with Crippen molar-refractivity contribution in [3.8, 4) is 55.6 Å². The van der Waals surface area contributed by atoms with Gasteiger partial charge in [0.1, 0.15) is 22.3 Å². The Hall–Kier alpha value is -7.76. The number of hydrogen-bond donors (Lipinski definition) is 0. The van der Waals surface area contributed by atoms with E-state index in [1.807, 2.05) is 24.3 Å². The number of fused-ring (bicyclic) bond motifs is 9. The monoisotopic (exact) mass is 730 g/mol. The van der Waals surface area contributed by atoms with Crippen LogP contribution in [0.2, 0.25) is 0 Å². The van der Waals surface area contributed by atoms with Crippen LogP contribution in [0, 0.1) is 0 Å². The first-order chi connectivity index (χ1) is 28.2. The van der Waals surface area contributed by atoms with Crippen LogP contribution >= 0.6 is 0 Å². The van der Waals surface area contributed by atoms with Gasteiger partial charge in [-0.2, -0.15) is 0 Å². The van der Waals surface area contributed by atoms with E-state index in [-0.39, 0.29) is 0 Å². The molecule has 5 heteroatoms. The normalized spacial score (nSPS) is 11.9. The molecule has 0 fully saturated rings. The summed E-state index contributed by atoms with van der Waals surface area (Å²) >= 11 is 0. The molecule has 0 unspecified atom stereocenters. The Morgan fingerprint density at radius 3 is 0.895 bits per heavy atom. The first-order valence-corrected chi connectivity index (χ1v) is 19.0. The van der Waals surface area contributed by atoms with Crippen LogP contribution in [0.5, 0.6) is 0 Å². The molecular formula is C52H30N2O3. The number of rotatable bonds is 5. The maximum absolute atomic E-state index is 6.34. The van der Waals surface area contributed by atoms with Gasteiger partial charge in [-0.1, -0.05) is 78.9 Å². The van der Waals surface area contributed by atoms with E-state index < -0.39 is 0 Å². The van der Waals surface area contributed by atoms with Gasteiger partial charge in [0.05, 0.1) is 0 Å².